The molecular weight excluding hydrogens is 210 g/mol. The highest BCUT2D eigenvalue weighted by atomic mass is 15.2. The van der Waals surface area contributed by atoms with E-state index in [1.807, 2.05) is 13.1 Å². The predicted molar refractivity (Wildman–Crippen MR) is 72.3 cm³/mol. The molecule has 1 aliphatic carbocycles. The molecule has 2 rings (SSSR count). The summed E-state index contributed by atoms with van der Waals surface area (Å²) in [4.78, 5) is 6.72. The highest BCUT2D eigenvalue weighted by Crippen LogP contribution is 2.20. The Balaban J connectivity index is 2.01. The molecule has 92 valence electrons. The minimum Gasteiger partial charge on any atom is -0.356 e. The molecule has 1 aromatic rings. The molecule has 1 aliphatic rings. The molecule has 0 atom stereocenters. The van der Waals surface area contributed by atoms with Crippen molar-refractivity contribution < 1.29 is 0 Å². The molecule has 1 heterocycles. The van der Waals surface area contributed by atoms with Crippen LogP contribution in [0.15, 0.2) is 24.8 Å². The van der Waals surface area contributed by atoms with Crippen LogP contribution in [-0.2, 0) is 6.54 Å². The van der Waals surface area contributed by atoms with Crippen molar-refractivity contribution in [2.75, 3.05) is 18.5 Å². The van der Waals surface area contributed by atoms with Crippen molar-refractivity contribution in [1.82, 2.24) is 10.3 Å². The lowest BCUT2D eigenvalue weighted by atomic mass is 10.2. The van der Waals surface area contributed by atoms with Crippen LogP contribution in [0.25, 0.3) is 0 Å². The van der Waals surface area contributed by atoms with E-state index in [1.54, 1.807) is 0 Å². The molecule has 0 unspecified atom stereocenters. The number of rotatable bonds is 6. The third-order valence-electron chi connectivity index (χ3n) is 3.13. The van der Waals surface area contributed by atoms with Crippen LogP contribution < -0.4 is 10.2 Å². The largest absolute Gasteiger partial charge is 0.356 e. The summed E-state index contributed by atoms with van der Waals surface area (Å²) in [5.74, 6) is 1.01. The van der Waals surface area contributed by atoms with Gasteiger partial charge in [0.25, 0.3) is 0 Å². The molecule has 0 bridgehead atoms. The van der Waals surface area contributed by atoms with Crippen LogP contribution >= 0.6 is 0 Å². The number of nitrogens with zero attached hydrogens (tertiary/aromatic N) is 2. The summed E-state index contributed by atoms with van der Waals surface area (Å²) >= 11 is 0. The molecule has 0 radical (unpaired) electrons. The second-order valence-electron chi connectivity index (χ2n) is 4.74. The van der Waals surface area contributed by atoms with Gasteiger partial charge >= 0.3 is 0 Å². The zero-order chi connectivity index (χ0) is 12.3. The molecular formula is C14H21N3. The molecule has 3 heteroatoms. The fraction of sp³-hybridized carbons (Fsp3) is 0.500. The normalized spacial score (nSPS) is 14.7. The van der Waals surface area contributed by atoms with Crippen LogP contribution in [-0.4, -0.2) is 24.6 Å². The average molecular weight is 231 g/mol. The Bertz CT molecular complexity index is 396. The van der Waals surface area contributed by atoms with Crippen molar-refractivity contribution in [2.24, 2.45) is 0 Å². The number of likely N-dealkylation sites (N-methyl/N-ethyl adjacent to an activating group) is 1. The number of hydrogen-bond donors (Lipinski definition) is 1. The standard InChI is InChI=1S/C14H21N3/c1-4-9-17(3)14-8-5-12(11(2)16-14)10-15-13-6-7-13/h4-5,8,13,15H,1,6-7,9-10H2,2-3H3. The number of aromatic nitrogens is 1. The van der Waals surface area contributed by atoms with Crippen LogP contribution in [0.3, 0.4) is 0 Å². The van der Waals surface area contributed by atoms with Gasteiger partial charge < -0.3 is 10.2 Å². The molecule has 1 N–H and O–H groups in total. The summed E-state index contributed by atoms with van der Waals surface area (Å²) < 4.78 is 0. The highest BCUT2D eigenvalue weighted by molar-refractivity contribution is 5.41. The topological polar surface area (TPSA) is 28.2 Å². The number of aryl methyl sites for hydroxylation is 1. The van der Waals surface area contributed by atoms with Gasteiger partial charge in [0.05, 0.1) is 0 Å². The van der Waals surface area contributed by atoms with E-state index in [-0.39, 0.29) is 0 Å². The Kier molecular flexibility index (Phi) is 3.79. The first-order chi connectivity index (χ1) is 8.20. The molecule has 1 saturated carbocycles. The van der Waals surface area contributed by atoms with E-state index in [9.17, 15) is 0 Å². The summed E-state index contributed by atoms with van der Waals surface area (Å²) in [7, 11) is 2.03. The summed E-state index contributed by atoms with van der Waals surface area (Å²) in [5, 5.41) is 3.52. The first-order valence-corrected chi connectivity index (χ1v) is 6.22. The second kappa shape index (κ2) is 5.32. The van der Waals surface area contributed by atoms with Gasteiger partial charge in [-0.15, -0.1) is 6.58 Å². The lowest BCUT2D eigenvalue weighted by molar-refractivity contribution is 0.682. The zero-order valence-electron chi connectivity index (χ0n) is 10.7. The number of anilines is 1. The van der Waals surface area contributed by atoms with E-state index in [0.717, 1.165) is 30.6 Å². The van der Waals surface area contributed by atoms with Crippen molar-refractivity contribution in [1.29, 1.82) is 0 Å². The molecule has 1 fully saturated rings. The molecule has 17 heavy (non-hydrogen) atoms. The van der Waals surface area contributed by atoms with Gasteiger partial charge in [0, 0.05) is 31.9 Å². The van der Waals surface area contributed by atoms with Crippen LogP contribution in [0.1, 0.15) is 24.1 Å². The maximum Gasteiger partial charge on any atom is 0.128 e. The monoisotopic (exact) mass is 231 g/mol. The van der Waals surface area contributed by atoms with Crippen molar-refractivity contribution in [3.8, 4) is 0 Å². The molecule has 1 aromatic heterocycles. The van der Waals surface area contributed by atoms with Crippen molar-refractivity contribution in [2.45, 2.75) is 32.4 Å². The summed E-state index contributed by atoms with van der Waals surface area (Å²) in [6.45, 7) is 7.59. The van der Waals surface area contributed by atoms with Gasteiger partial charge in [-0.25, -0.2) is 4.98 Å². The van der Waals surface area contributed by atoms with E-state index >= 15 is 0 Å². The quantitative estimate of drug-likeness (QED) is 0.761. The van der Waals surface area contributed by atoms with Gasteiger partial charge in [0.2, 0.25) is 0 Å². The van der Waals surface area contributed by atoms with Gasteiger partial charge in [0.15, 0.2) is 0 Å². The smallest absolute Gasteiger partial charge is 0.128 e. The third kappa shape index (κ3) is 3.30. The van der Waals surface area contributed by atoms with E-state index in [4.69, 9.17) is 0 Å². The van der Waals surface area contributed by atoms with Gasteiger partial charge in [0.1, 0.15) is 5.82 Å². The average Bonchev–Trinajstić information content (AvgIpc) is 3.11. The third-order valence-corrected chi connectivity index (χ3v) is 3.13. The Morgan fingerprint density at radius 1 is 1.53 bits per heavy atom. The molecule has 0 saturated heterocycles. The van der Waals surface area contributed by atoms with E-state index in [0.29, 0.717) is 0 Å². The van der Waals surface area contributed by atoms with Crippen LogP contribution in [0.4, 0.5) is 5.82 Å². The Morgan fingerprint density at radius 3 is 2.88 bits per heavy atom. The Hall–Kier alpha value is -1.35. The number of pyridine rings is 1. The SMILES string of the molecule is C=CCN(C)c1ccc(CNC2CC2)c(C)n1. The first kappa shape index (κ1) is 12.1. The Morgan fingerprint density at radius 2 is 2.29 bits per heavy atom. The summed E-state index contributed by atoms with van der Waals surface area (Å²) in [6.07, 6.45) is 4.54. The van der Waals surface area contributed by atoms with Crippen LogP contribution in [0, 0.1) is 6.92 Å². The van der Waals surface area contributed by atoms with Gasteiger partial charge in [-0.3, -0.25) is 0 Å². The summed E-state index contributed by atoms with van der Waals surface area (Å²) in [5.41, 5.74) is 2.42. The van der Waals surface area contributed by atoms with Crippen molar-refractivity contribution in [3.05, 3.63) is 36.0 Å². The zero-order valence-corrected chi connectivity index (χ0v) is 10.7. The predicted octanol–water partition coefficient (Wildman–Crippen LogP) is 2.26. The first-order valence-electron chi connectivity index (χ1n) is 6.22. The maximum atomic E-state index is 4.63. The van der Waals surface area contributed by atoms with Crippen LogP contribution in [0.5, 0.6) is 0 Å². The van der Waals surface area contributed by atoms with E-state index in [2.05, 4.69) is 40.8 Å². The highest BCUT2D eigenvalue weighted by Gasteiger charge is 2.20. The molecule has 0 aromatic carbocycles. The fourth-order valence-electron chi connectivity index (χ4n) is 1.80. The van der Waals surface area contributed by atoms with Gasteiger partial charge in [-0.1, -0.05) is 12.1 Å². The molecule has 0 amide bonds. The van der Waals surface area contributed by atoms with Crippen molar-refractivity contribution >= 4 is 5.82 Å². The second-order valence-corrected chi connectivity index (χ2v) is 4.74. The van der Waals surface area contributed by atoms with E-state index < -0.39 is 0 Å². The van der Waals surface area contributed by atoms with E-state index in [1.165, 1.54) is 18.4 Å². The maximum absolute atomic E-state index is 4.63. The summed E-state index contributed by atoms with van der Waals surface area (Å²) in [6, 6.07) is 5.00. The molecule has 3 nitrogen and oxygen atoms in total. The van der Waals surface area contributed by atoms with Crippen molar-refractivity contribution in [3.63, 3.8) is 0 Å². The lowest BCUT2D eigenvalue weighted by Gasteiger charge is -2.17. The molecule has 0 aliphatic heterocycles. The minimum absolute atomic E-state index is 0.748. The molecule has 0 spiro atoms. The van der Waals surface area contributed by atoms with Crippen LogP contribution in [0.2, 0.25) is 0 Å². The minimum atomic E-state index is 0.748. The van der Waals surface area contributed by atoms with Gasteiger partial charge in [-0.05, 0) is 31.4 Å². The lowest BCUT2D eigenvalue weighted by Crippen LogP contribution is -2.20. The Labute approximate surface area is 104 Å². The fourth-order valence-corrected chi connectivity index (χ4v) is 1.80. The number of hydrogen-bond acceptors (Lipinski definition) is 3. The van der Waals surface area contributed by atoms with Gasteiger partial charge in [-0.2, -0.15) is 0 Å². The number of nitrogens with one attached hydrogen (secondary N) is 1.